The first kappa shape index (κ1) is 19.1. The molecule has 0 aliphatic rings. The first-order valence-electron chi connectivity index (χ1n) is 8.83. The Kier molecular flexibility index (Phi) is 6.35. The highest BCUT2D eigenvalue weighted by atomic mass is 16.5. The van der Waals surface area contributed by atoms with Gasteiger partial charge >= 0.3 is 0 Å². The Morgan fingerprint density at radius 3 is 2.75 bits per heavy atom. The van der Waals surface area contributed by atoms with Crippen molar-refractivity contribution in [3.63, 3.8) is 0 Å². The normalized spacial score (nSPS) is 10.8. The van der Waals surface area contributed by atoms with Crippen LogP contribution < -0.4 is 15.4 Å². The van der Waals surface area contributed by atoms with Crippen LogP contribution >= 0.6 is 0 Å². The summed E-state index contributed by atoms with van der Waals surface area (Å²) in [6.07, 6.45) is 6.78. The zero-order chi connectivity index (χ0) is 19.8. The van der Waals surface area contributed by atoms with Gasteiger partial charge in [-0.05, 0) is 36.8 Å². The molecule has 0 aliphatic carbocycles. The number of methoxy groups -OCH3 is 1. The van der Waals surface area contributed by atoms with Crippen LogP contribution in [0.1, 0.15) is 11.4 Å². The minimum absolute atomic E-state index is 0.159. The first-order valence-corrected chi connectivity index (χ1v) is 8.83. The Bertz CT molecular complexity index is 936. The van der Waals surface area contributed by atoms with E-state index in [1.807, 2.05) is 49.5 Å². The maximum Gasteiger partial charge on any atom is 0.244 e. The summed E-state index contributed by atoms with van der Waals surface area (Å²) in [6.45, 7) is 2.83. The number of aromatic nitrogens is 4. The number of carbonyl (C=O) groups is 1. The molecule has 0 saturated carbocycles. The van der Waals surface area contributed by atoms with Crippen molar-refractivity contribution in [3.8, 4) is 11.6 Å². The molecule has 28 heavy (non-hydrogen) atoms. The third-order valence-electron chi connectivity index (χ3n) is 3.84. The molecule has 1 aromatic carbocycles. The van der Waals surface area contributed by atoms with Gasteiger partial charge in [-0.2, -0.15) is 5.10 Å². The lowest BCUT2D eigenvalue weighted by Crippen LogP contribution is -2.27. The molecule has 0 bridgehead atoms. The van der Waals surface area contributed by atoms with Gasteiger partial charge in [-0.1, -0.05) is 12.1 Å². The van der Waals surface area contributed by atoms with E-state index in [2.05, 4.69) is 25.7 Å². The molecule has 0 atom stereocenters. The highest BCUT2D eigenvalue weighted by Crippen LogP contribution is 2.12. The number of nitrogens with zero attached hydrogens (tertiary/aromatic N) is 4. The van der Waals surface area contributed by atoms with Gasteiger partial charge in [0, 0.05) is 37.6 Å². The summed E-state index contributed by atoms with van der Waals surface area (Å²) in [5.41, 5.74) is 0.927. The molecule has 1 amide bonds. The molecule has 0 saturated heterocycles. The number of anilines is 1. The van der Waals surface area contributed by atoms with E-state index in [-0.39, 0.29) is 5.91 Å². The van der Waals surface area contributed by atoms with Gasteiger partial charge in [-0.15, -0.1) is 0 Å². The van der Waals surface area contributed by atoms with E-state index in [4.69, 9.17) is 4.74 Å². The van der Waals surface area contributed by atoms with E-state index >= 15 is 0 Å². The molecule has 3 aromatic rings. The van der Waals surface area contributed by atoms with E-state index in [9.17, 15) is 4.79 Å². The van der Waals surface area contributed by atoms with Gasteiger partial charge in [0.2, 0.25) is 5.91 Å². The fourth-order valence-electron chi connectivity index (χ4n) is 2.49. The van der Waals surface area contributed by atoms with Crippen molar-refractivity contribution in [1.82, 2.24) is 25.1 Å². The molecule has 0 spiro atoms. The van der Waals surface area contributed by atoms with Crippen molar-refractivity contribution in [2.45, 2.75) is 6.92 Å². The van der Waals surface area contributed by atoms with Crippen LogP contribution in [-0.4, -0.2) is 45.9 Å². The Morgan fingerprint density at radius 1 is 1.21 bits per heavy atom. The average Bonchev–Trinajstić information content (AvgIpc) is 3.25. The summed E-state index contributed by atoms with van der Waals surface area (Å²) in [5, 5.41) is 10.2. The number of carbonyl (C=O) groups excluding carboxylic acids is 1. The number of amides is 1. The summed E-state index contributed by atoms with van der Waals surface area (Å²) >= 11 is 0. The molecule has 3 rings (SSSR count). The summed E-state index contributed by atoms with van der Waals surface area (Å²) in [4.78, 5) is 20.6. The van der Waals surface area contributed by atoms with Crippen molar-refractivity contribution < 1.29 is 9.53 Å². The number of ether oxygens (including phenoxy) is 1. The summed E-state index contributed by atoms with van der Waals surface area (Å²) in [6, 6.07) is 11.1. The maximum absolute atomic E-state index is 11.9. The lowest BCUT2D eigenvalue weighted by Gasteiger charge is -2.09. The first-order chi connectivity index (χ1) is 13.6. The third-order valence-corrected chi connectivity index (χ3v) is 3.84. The molecule has 0 radical (unpaired) electrons. The molecule has 8 nitrogen and oxygen atoms in total. The number of nitrogens with one attached hydrogen (secondary N) is 2. The predicted octanol–water partition coefficient (Wildman–Crippen LogP) is 2.22. The summed E-state index contributed by atoms with van der Waals surface area (Å²) in [7, 11) is 1.62. The quantitative estimate of drug-likeness (QED) is 0.461. The zero-order valence-electron chi connectivity index (χ0n) is 15.8. The molecule has 144 valence electrons. The van der Waals surface area contributed by atoms with Crippen LogP contribution in [0.5, 0.6) is 5.75 Å². The Morgan fingerprint density at radius 2 is 2.04 bits per heavy atom. The molecular weight excluding hydrogens is 356 g/mol. The predicted molar refractivity (Wildman–Crippen MR) is 107 cm³/mol. The Labute approximate surface area is 163 Å². The molecule has 0 fully saturated rings. The van der Waals surface area contributed by atoms with Crippen LogP contribution in [0.3, 0.4) is 0 Å². The molecule has 8 heteroatoms. The van der Waals surface area contributed by atoms with Crippen molar-refractivity contribution in [2.75, 3.05) is 25.5 Å². The fourth-order valence-corrected chi connectivity index (χ4v) is 2.49. The molecule has 0 unspecified atom stereocenters. The van der Waals surface area contributed by atoms with Gasteiger partial charge in [0.05, 0.1) is 7.11 Å². The van der Waals surface area contributed by atoms with Crippen LogP contribution in [0.4, 0.5) is 5.82 Å². The number of aryl methyl sites for hydroxylation is 1. The van der Waals surface area contributed by atoms with E-state index in [0.29, 0.717) is 30.5 Å². The van der Waals surface area contributed by atoms with E-state index < -0.39 is 0 Å². The standard InChI is InChI=1S/C20H22N6O2/c1-15-24-18(14-19(25-15)26-13-3-10-23-26)21-11-12-22-20(27)9-6-16-4-7-17(28-2)8-5-16/h3-10,13-14H,11-12H2,1-2H3,(H,22,27)(H,21,24,25)/b9-6+. The monoisotopic (exact) mass is 378 g/mol. The second-order valence-electron chi connectivity index (χ2n) is 5.93. The van der Waals surface area contributed by atoms with Crippen molar-refractivity contribution in [3.05, 3.63) is 66.3 Å². The van der Waals surface area contributed by atoms with Gasteiger partial charge in [-0.25, -0.2) is 14.6 Å². The van der Waals surface area contributed by atoms with Crippen LogP contribution in [0.15, 0.2) is 54.9 Å². The lowest BCUT2D eigenvalue weighted by molar-refractivity contribution is -0.116. The van der Waals surface area contributed by atoms with E-state index in [0.717, 1.165) is 11.3 Å². The highest BCUT2D eigenvalue weighted by Gasteiger charge is 2.04. The van der Waals surface area contributed by atoms with E-state index in [1.165, 1.54) is 6.08 Å². The smallest absolute Gasteiger partial charge is 0.244 e. The summed E-state index contributed by atoms with van der Waals surface area (Å²) < 4.78 is 6.78. The van der Waals surface area contributed by atoms with Gasteiger partial charge in [0.15, 0.2) is 5.82 Å². The Balaban J connectivity index is 1.46. The minimum Gasteiger partial charge on any atom is -0.497 e. The molecule has 2 N–H and O–H groups in total. The van der Waals surface area contributed by atoms with Crippen LogP contribution in [0, 0.1) is 6.92 Å². The third kappa shape index (κ3) is 5.41. The van der Waals surface area contributed by atoms with Crippen molar-refractivity contribution in [1.29, 1.82) is 0 Å². The minimum atomic E-state index is -0.159. The number of rotatable bonds is 8. The average molecular weight is 378 g/mol. The number of benzene rings is 1. The summed E-state index contributed by atoms with van der Waals surface area (Å²) in [5.74, 6) is 2.63. The number of hydrogen-bond donors (Lipinski definition) is 2. The largest absolute Gasteiger partial charge is 0.497 e. The SMILES string of the molecule is COc1ccc(/C=C/C(=O)NCCNc2cc(-n3cccn3)nc(C)n2)cc1. The zero-order valence-corrected chi connectivity index (χ0v) is 15.8. The van der Waals surface area contributed by atoms with E-state index in [1.54, 1.807) is 24.1 Å². The molecule has 2 aromatic heterocycles. The molecule has 2 heterocycles. The van der Waals surface area contributed by atoms with Gasteiger partial charge < -0.3 is 15.4 Å². The number of hydrogen-bond acceptors (Lipinski definition) is 6. The Hall–Kier alpha value is -3.68. The molecule has 0 aliphatic heterocycles. The second-order valence-corrected chi connectivity index (χ2v) is 5.93. The fraction of sp³-hybridized carbons (Fsp3) is 0.200. The van der Waals surface area contributed by atoms with Crippen molar-refractivity contribution in [2.24, 2.45) is 0 Å². The second kappa shape index (κ2) is 9.31. The maximum atomic E-state index is 11.9. The lowest BCUT2D eigenvalue weighted by atomic mass is 10.2. The highest BCUT2D eigenvalue weighted by molar-refractivity contribution is 5.91. The van der Waals surface area contributed by atoms with Crippen LogP contribution in [-0.2, 0) is 4.79 Å². The topological polar surface area (TPSA) is 94.0 Å². The molecular formula is C20H22N6O2. The van der Waals surface area contributed by atoms with Crippen LogP contribution in [0.2, 0.25) is 0 Å². The van der Waals surface area contributed by atoms with Gasteiger partial charge in [0.1, 0.15) is 17.4 Å². The van der Waals surface area contributed by atoms with Crippen LogP contribution in [0.25, 0.3) is 11.9 Å². The van der Waals surface area contributed by atoms with Crippen molar-refractivity contribution >= 4 is 17.8 Å². The van der Waals surface area contributed by atoms with Gasteiger partial charge in [0.25, 0.3) is 0 Å². The van der Waals surface area contributed by atoms with Gasteiger partial charge in [-0.3, -0.25) is 4.79 Å².